The van der Waals surface area contributed by atoms with E-state index in [0.717, 1.165) is 12.0 Å². The van der Waals surface area contributed by atoms with Crippen LogP contribution < -0.4 is 0 Å². The Morgan fingerprint density at radius 2 is 2.08 bits per heavy atom. The monoisotopic (exact) mass is 196 g/mol. The molecule has 3 unspecified atom stereocenters. The van der Waals surface area contributed by atoms with E-state index in [0.29, 0.717) is 0 Å². The Balaban J connectivity index is 2.17. The van der Waals surface area contributed by atoms with Crippen LogP contribution in [0.3, 0.4) is 0 Å². The van der Waals surface area contributed by atoms with Crippen molar-refractivity contribution in [3.8, 4) is 0 Å². The fourth-order valence-corrected chi connectivity index (χ4v) is 2.43. The third kappa shape index (κ3) is 1.81. The highest BCUT2D eigenvalue weighted by molar-refractivity contribution is 7.81. The number of hydrogen-bond acceptors (Lipinski definition) is 2. The van der Waals surface area contributed by atoms with Gasteiger partial charge in [0, 0.05) is 0 Å². The number of hydrogen-bond donors (Lipinski definition) is 0. The average molecular weight is 196 g/mol. The normalized spacial score (nSPS) is 33.5. The molecule has 1 aliphatic rings. The molecule has 3 heteroatoms. The molecule has 0 amide bonds. The predicted molar refractivity (Wildman–Crippen MR) is 52.5 cm³/mol. The van der Waals surface area contributed by atoms with Crippen molar-refractivity contribution in [1.29, 1.82) is 0 Å². The Hall–Kier alpha value is -0.670. The quantitative estimate of drug-likeness (QED) is 0.688. The van der Waals surface area contributed by atoms with Gasteiger partial charge in [0.05, 0.1) is 5.25 Å². The summed E-state index contributed by atoms with van der Waals surface area (Å²) in [4.78, 5) is 0. The zero-order valence-corrected chi connectivity index (χ0v) is 8.29. The van der Waals surface area contributed by atoms with Crippen LogP contribution in [0.1, 0.15) is 25.0 Å². The summed E-state index contributed by atoms with van der Waals surface area (Å²) in [5, 5.41) is 0.158. The van der Waals surface area contributed by atoms with E-state index in [2.05, 4.69) is 0 Å². The zero-order valence-electron chi connectivity index (χ0n) is 7.47. The van der Waals surface area contributed by atoms with Gasteiger partial charge in [-0.05, 0) is 18.9 Å². The van der Waals surface area contributed by atoms with E-state index >= 15 is 0 Å². The predicted octanol–water partition coefficient (Wildman–Crippen LogP) is 2.20. The lowest BCUT2D eigenvalue weighted by molar-refractivity contribution is 0.255. The lowest BCUT2D eigenvalue weighted by Gasteiger charge is -2.06. The van der Waals surface area contributed by atoms with Gasteiger partial charge in [-0.3, -0.25) is 4.18 Å². The van der Waals surface area contributed by atoms with E-state index in [1.54, 1.807) is 0 Å². The molecular weight excluding hydrogens is 184 g/mol. The van der Waals surface area contributed by atoms with Crippen molar-refractivity contribution in [3.05, 3.63) is 35.9 Å². The second kappa shape index (κ2) is 3.60. The maximum absolute atomic E-state index is 11.2. The van der Waals surface area contributed by atoms with E-state index in [-0.39, 0.29) is 11.4 Å². The maximum Gasteiger partial charge on any atom is 0.159 e. The Morgan fingerprint density at radius 1 is 1.38 bits per heavy atom. The highest BCUT2D eigenvalue weighted by atomic mass is 32.2. The Morgan fingerprint density at radius 3 is 2.62 bits per heavy atom. The molecular formula is C10H12O2S. The van der Waals surface area contributed by atoms with Crippen LogP contribution in [0.15, 0.2) is 30.3 Å². The van der Waals surface area contributed by atoms with E-state index in [1.807, 2.05) is 37.3 Å². The van der Waals surface area contributed by atoms with Crippen molar-refractivity contribution in [2.45, 2.75) is 24.7 Å². The van der Waals surface area contributed by atoms with Gasteiger partial charge in [0.1, 0.15) is 6.10 Å². The molecule has 2 nitrogen and oxygen atoms in total. The van der Waals surface area contributed by atoms with Crippen LogP contribution in [0, 0.1) is 0 Å². The highest BCUT2D eigenvalue weighted by Crippen LogP contribution is 2.32. The second-order valence-electron chi connectivity index (χ2n) is 3.30. The molecule has 0 radical (unpaired) electrons. The lowest BCUT2D eigenvalue weighted by atomic mass is 10.1. The van der Waals surface area contributed by atoms with Gasteiger partial charge in [0.2, 0.25) is 0 Å². The molecule has 0 spiro atoms. The molecule has 3 atom stereocenters. The summed E-state index contributed by atoms with van der Waals surface area (Å²) >= 11 is -1.10. The van der Waals surface area contributed by atoms with Crippen molar-refractivity contribution < 1.29 is 8.39 Å². The van der Waals surface area contributed by atoms with Crippen LogP contribution >= 0.6 is 0 Å². The van der Waals surface area contributed by atoms with E-state index in [9.17, 15) is 4.21 Å². The Kier molecular flexibility index (Phi) is 2.47. The van der Waals surface area contributed by atoms with Gasteiger partial charge in [0.25, 0.3) is 0 Å². The van der Waals surface area contributed by atoms with Gasteiger partial charge >= 0.3 is 0 Å². The van der Waals surface area contributed by atoms with Gasteiger partial charge in [-0.25, -0.2) is 4.21 Å². The third-order valence-corrected chi connectivity index (χ3v) is 3.53. The van der Waals surface area contributed by atoms with Crippen molar-refractivity contribution in [2.75, 3.05) is 0 Å². The smallest absolute Gasteiger partial charge is 0.159 e. The minimum atomic E-state index is -1.10. The Labute approximate surface area is 80.6 Å². The summed E-state index contributed by atoms with van der Waals surface area (Å²) in [5.74, 6) is 0. The zero-order chi connectivity index (χ0) is 9.26. The molecule has 1 aliphatic heterocycles. The molecule has 13 heavy (non-hydrogen) atoms. The van der Waals surface area contributed by atoms with E-state index < -0.39 is 11.1 Å². The molecule has 0 saturated carbocycles. The molecule has 0 bridgehead atoms. The van der Waals surface area contributed by atoms with Crippen molar-refractivity contribution in [1.82, 2.24) is 0 Å². The minimum absolute atomic E-state index is 0.0250. The standard InChI is InChI=1S/C10H12O2S/c1-8-7-10(12-13(8)11)9-5-3-2-4-6-9/h2-6,8,10H,7H2,1H3. The van der Waals surface area contributed by atoms with Gasteiger partial charge < -0.3 is 0 Å². The molecule has 1 fully saturated rings. The first kappa shape index (κ1) is 8.91. The molecule has 0 N–H and O–H groups in total. The Bertz CT molecular complexity index is 310. The highest BCUT2D eigenvalue weighted by Gasteiger charge is 2.30. The summed E-state index contributed by atoms with van der Waals surface area (Å²) in [6.45, 7) is 1.96. The molecule has 1 aromatic carbocycles. The van der Waals surface area contributed by atoms with Crippen LogP contribution in [0.4, 0.5) is 0 Å². The maximum atomic E-state index is 11.2. The van der Waals surface area contributed by atoms with Crippen molar-refractivity contribution in [3.63, 3.8) is 0 Å². The summed E-state index contributed by atoms with van der Waals surface area (Å²) < 4.78 is 16.6. The fourth-order valence-electron chi connectivity index (χ4n) is 1.49. The molecule has 1 saturated heterocycles. The summed E-state index contributed by atoms with van der Waals surface area (Å²) in [5.41, 5.74) is 1.13. The lowest BCUT2D eigenvalue weighted by Crippen LogP contribution is -1.99. The van der Waals surface area contributed by atoms with E-state index in [1.165, 1.54) is 0 Å². The number of rotatable bonds is 1. The third-order valence-electron chi connectivity index (χ3n) is 2.26. The second-order valence-corrected chi connectivity index (χ2v) is 4.82. The molecule has 2 rings (SSSR count). The first-order valence-electron chi connectivity index (χ1n) is 4.40. The molecule has 1 aromatic rings. The fraction of sp³-hybridized carbons (Fsp3) is 0.400. The van der Waals surface area contributed by atoms with Crippen LogP contribution in [-0.4, -0.2) is 9.46 Å². The van der Waals surface area contributed by atoms with Gasteiger partial charge in [-0.1, -0.05) is 30.3 Å². The average Bonchev–Trinajstić information content (AvgIpc) is 2.49. The van der Waals surface area contributed by atoms with Crippen LogP contribution in [0.2, 0.25) is 0 Å². The van der Waals surface area contributed by atoms with Gasteiger partial charge in [-0.2, -0.15) is 0 Å². The molecule has 0 aromatic heterocycles. The first-order valence-corrected chi connectivity index (χ1v) is 5.54. The number of benzene rings is 1. The minimum Gasteiger partial charge on any atom is -0.282 e. The van der Waals surface area contributed by atoms with Crippen molar-refractivity contribution >= 4 is 11.1 Å². The molecule has 70 valence electrons. The van der Waals surface area contributed by atoms with Gasteiger partial charge in [-0.15, -0.1) is 0 Å². The van der Waals surface area contributed by atoms with Crippen LogP contribution in [-0.2, 0) is 15.3 Å². The van der Waals surface area contributed by atoms with Crippen LogP contribution in [0.25, 0.3) is 0 Å². The van der Waals surface area contributed by atoms with E-state index in [4.69, 9.17) is 4.18 Å². The van der Waals surface area contributed by atoms with Gasteiger partial charge in [0.15, 0.2) is 11.1 Å². The summed E-state index contributed by atoms with van der Waals surface area (Å²) in [6, 6.07) is 9.95. The van der Waals surface area contributed by atoms with Crippen LogP contribution in [0.5, 0.6) is 0 Å². The first-order chi connectivity index (χ1) is 6.27. The topological polar surface area (TPSA) is 26.3 Å². The molecule has 0 aliphatic carbocycles. The SMILES string of the molecule is CC1CC(c2ccccc2)OS1=O. The molecule has 1 heterocycles. The summed E-state index contributed by atoms with van der Waals surface area (Å²) in [6.07, 6.45) is 0.883. The largest absolute Gasteiger partial charge is 0.282 e. The van der Waals surface area contributed by atoms with Crippen molar-refractivity contribution in [2.24, 2.45) is 0 Å². The summed E-state index contributed by atoms with van der Waals surface area (Å²) in [7, 11) is 0.